The van der Waals surface area contributed by atoms with Crippen molar-refractivity contribution in [2.45, 2.75) is 32.7 Å². The molecule has 0 aliphatic rings. The maximum atomic E-state index is 5.69. The van der Waals surface area contributed by atoms with Crippen molar-refractivity contribution in [3.05, 3.63) is 23.8 Å². The highest BCUT2D eigenvalue weighted by Crippen LogP contribution is 2.00. The molecule has 2 N–H and O–H groups in total. The van der Waals surface area contributed by atoms with Crippen molar-refractivity contribution in [2.75, 3.05) is 13.2 Å². The van der Waals surface area contributed by atoms with Crippen molar-refractivity contribution < 1.29 is 4.74 Å². The SMILES string of the molecule is CCOCCc1ncc(CC(C)N)cn1. The Bertz CT molecular complexity index is 272. The summed E-state index contributed by atoms with van der Waals surface area (Å²) in [6.45, 7) is 5.38. The predicted octanol–water partition coefficient (Wildman–Crippen LogP) is 0.945. The van der Waals surface area contributed by atoms with Crippen LogP contribution in [0.5, 0.6) is 0 Å². The van der Waals surface area contributed by atoms with E-state index in [2.05, 4.69) is 9.97 Å². The average Bonchev–Trinajstić information content (AvgIpc) is 2.20. The molecule has 0 saturated carbocycles. The first-order chi connectivity index (χ1) is 7.22. The van der Waals surface area contributed by atoms with Crippen LogP contribution in [0.3, 0.4) is 0 Å². The van der Waals surface area contributed by atoms with Gasteiger partial charge < -0.3 is 10.5 Å². The van der Waals surface area contributed by atoms with Crippen LogP contribution < -0.4 is 5.73 Å². The van der Waals surface area contributed by atoms with E-state index in [1.54, 1.807) is 0 Å². The summed E-state index contributed by atoms with van der Waals surface area (Å²) in [6.07, 6.45) is 5.29. The fraction of sp³-hybridized carbons (Fsp3) is 0.636. The number of ether oxygens (including phenoxy) is 1. The van der Waals surface area contributed by atoms with Crippen molar-refractivity contribution in [3.63, 3.8) is 0 Å². The molecule has 0 bridgehead atoms. The van der Waals surface area contributed by atoms with Gasteiger partial charge in [0.05, 0.1) is 6.61 Å². The minimum Gasteiger partial charge on any atom is -0.381 e. The van der Waals surface area contributed by atoms with E-state index in [-0.39, 0.29) is 6.04 Å². The second kappa shape index (κ2) is 6.48. The van der Waals surface area contributed by atoms with Crippen molar-refractivity contribution >= 4 is 0 Å². The number of nitrogens with two attached hydrogens (primary N) is 1. The lowest BCUT2D eigenvalue weighted by Crippen LogP contribution is -2.18. The molecular weight excluding hydrogens is 190 g/mol. The zero-order chi connectivity index (χ0) is 11.1. The molecule has 0 fully saturated rings. The van der Waals surface area contributed by atoms with Gasteiger partial charge in [-0.15, -0.1) is 0 Å². The molecule has 1 atom stereocenters. The Balaban J connectivity index is 2.42. The molecule has 4 heteroatoms. The van der Waals surface area contributed by atoms with E-state index in [9.17, 15) is 0 Å². The molecule has 0 radical (unpaired) electrons. The summed E-state index contributed by atoms with van der Waals surface area (Å²) in [5.41, 5.74) is 6.77. The van der Waals surface area contributed by atoms with Crippen LogP contribution in [-0.4, -0.2) is 29.2 Å². The van der Waals surface area contributed by atoms with Gasteiger partial charge in [-0.3, -0.25) is 0 Å². The minimum atomic E-state index is 0.155. The van der Waals surface area contributed by atoms with Crippen molar-refractivity contribution in [1.29, 1.82) is 0 Å². The average molecular weight is 209 g/mol. The van der Waals surface area contributed by atoms with Crippen LogP contribution in [0.25, 0.3) is 0 Å². The molecule has 0 saturated heterocycles. The zero-order valence-electron chi connectivity index (χ0n) is 9.44. The summed E-state index contributed by atoms with van der Waals surface area (Å²) in [6, 6.07) is 0.155. The number of rotatable bonds is 6. The van der Waals surface area contributed by atoms with E-state index in [4.69, 9.17) is 10.5 Å². The van der Waals surface area contributed by atoms with E-state index < -0.39 is 0 Å². The number of hydrogen-bond acceptors (Lipinski definition) is 4. The van der Waals surface area contributed by atoms with E-state index in [0.717, 1.165) is 30.8 Å². The van der Waals surface area contributed by atoms with Gasteiger partial charge in [-0.25, -0.2) is 9.97 Å². The highest BCUT2D eigenvalue weighted by Gasteiger charge is 2.00. The fourth-order valence-corrected chi connectivity index (χ4v) is 1.30. The molecular formula is C11H19N3O. The quantitative estimate of drug-likeness (QED) is 0.708. The first-order valence-corrected chi connectivity index (χ1v) is 5.35. The Labute approximate surface area is 90.9 Å². The molecule has 0 spiro atoms. The highest BCUT2D eigenvalue weighted by molar-refractivity contribution is 5.06. The lowest BCUT2D eigenvalue weighted by atomic mass is 10.1. The third kappa shape index (κ3) is 4.85. The third-order valence-electron chi connectivity index (χ3n) is 1.99. The lowest BCUT2D eigenvalue weighted by Gasteiger charge is -2.05. The van der Waals surface area contributed by atoms with Crippen LogP contribution in [0, 0.1) is 0 Å². The van der Waals surface area contributed by atoms with Crippen molar-refractivity contribution in [1.82, 2.24) is 9.97 Å². The minimum absolute atomic E-state index is 0.155. The van der Waals surface area contributed by atoms with Gasteiger partial charge in [0.25, 0.3) is 0 Å². The third-order valence-corrected chi connectivity index (χ3v) is 1.99. The van der Waals surface area contributed by atoms with Crippen LogP contribution in [0.1, 0.15) is 25.2 Å². The van der Waals surface area contributed by atoms with E-state index >= 15 is 0 Å². The van der Waals surface area contributed by atoms with Crippen LogP contribution in [0.4, 0.5) is 0 Å². The molecule has 1 unspecified atom stereocenters. The molecule has 84 valence electrons. The first kappa shape index (κ1) is 12.1. The Morgan fingerprint density at radius 3 is 2.60 bits per heavy atom. The van der Waals surface area contributed by atoms with Crippen LogP contribution >= 0.6 is 0 Å². The molecule has 1 aromatic rings. The van der Waals surface area contributed by atoms with E-state index in [1.165, 1.54) is 0 Å². The Morgan fingerprint density at radius 2 is 2.07 bits per heavy atom. The molecule has 0 aromatic carbocycles. The maximum absolute atomic E-state index is 5.69. The van der Waals surface area contributed by atoms with Crippen LogP contribution in [0.2, 0.25) is 0 Å². The molecule has 1 aromatic heterocycles. The Kier molecular flexibility index (Phi) is 5.21. The Morgan fingerprint density at radius 1 is 1.40 bits per heavy atom. The lowest BCUT2D eigenvalue weighted by molar-refractivity contribution is 0.149. The van der Waals surface area contributed by atoms with Crippen LogP contribution in [-0.2, 0) is 17.6 Å². The standard InChI is InChI=1S/C11H19N3O/c1-3-15-5-4-11-13-7-10(8-14-11)6-9(2)12/h7-9H,3-6,12H2,1-2H3. The second-order valence-electron chi connectivity index (χ2n) is 3.64. The van der Waals surface area contributed by atoms with Gasteiger partial charge in [0, 0.05) is 31.5 Å². The van der Waals surface area contributed by atoms with Gasteiger partial charge in [-0.2, -0.15) is 0 Å². The summed E-state index contributed by atoms with van der Waals surface area (Å²) in [5, 5.41) is 0. The van der Waals surface area contributed by atoms with Gasteiger partial charge >= 0.3 is 0 Å². The molecule has 15 heavy (non-hydrogen) atoms. The highest BCUT2D eigenvalue weighted by atomic mass is 16.5. The van der Waals surface area contributed by atoms with Gasteiger partial charge in [-0.1, -0.05) is 0 Å². The number of aromatic nitrogens is 2. The monoisotopic (exact) mass is 209 g/mol. The van der Waals surface area contributed by atoms with Gasteiger partial charge in [0.2, 0.25) is 0 Å². The number of hydrogen-bond donors (Lipinski definition) is 1. The number of nitrogens with zero attached hydrogens (tertiary/aromatic N) is 2. The summed E-state index contributed by atoms with van der Waals surface area (Å²) < 4.78 is 5.23. The smallest absolute Gasteiger partial charge is 0.130 e. The van der Waals surface area contributed by atoms with Gasteiger partial charge in [-0.05, 0) is 25.8 Å². The van der Waals surface area contributed by atoms with Gasteiger partial charge in [0.15, 0.2) is 0 Å². The molecule has 1 rings (SSSR count). The molecule has 0 aliphatic heterocycles. The summed E-state index contributed by atoms with van der Waals surface area (Å²) in [7, 11) is 0. The van der Waals surface area contributed by atoms with E-state index in [0.29, 0.717) is 6.61 Å². The largest absolute Gasteiger partial charge is 0.381 e. The Hall–Kier alpha value is -1.00. The first-order valence-electron chi connectivity index (χ1n) is 5.35. The van der Waals surface area contributed by atoms with Crippen molar-refractivity contribution in [2.24, 2.45) is 5.73 Å². The molecule has 0 amide bonds. The fourth-order valence-electron chi connectivity index (χ4n) is 1.30. The summed E-state index contributed by atoms with van der Waals surface area (Å²) >= 11 is 0. The molecule has 0 aliphatic carbocycles. The molecule has 4 nitrogen and oxygen atoms in total. The predicted molar refractivity (Wildman–Crippen MR) is 59.6 cm³/mol. The zero-order valence-corrected chi connectivity index (χ0v) is 9.44. The van der Waals surface area contributed by atoms with Crippen LogP contribution in [0.15, 0.2) is 12.4 Å². The van der Waals surface area contributed by atoms with E-state index in [1.807, 2.05) is 26.2 Å². The summed E-state index contributed by atoms with van der Waals surface area (Å²) in [4.78, 5) is 8.51. The second-order valence-corrected chi connectivity index (χ2v) is 3.64. The normalized spacial score (nSPS) is 12.7. The topological polar surface area (TPSA) is 61.0 Å². The maximum Gasteiger partial charge on any atom is 0.130 e. The van der Waals surface area contributed by atoms with Crippen molar-refractivity contribution in [3.8, 4) is 0 Å². The van der Waals surface area contributed by atoms with Gasteiger partial charge in [0.1, 0.15) is 5.82 Å². The molecule has 1 heterocycles. The summed E-state index contributed by atoms with van der Waals surface area (Å²) in [5.74, 6) is 0.830.